The lowest BCUT2D eigenvalue weighted by atomic mass is 10.1. The highest BCUT2D eigenvalue weighted by atomic mass is 16.6. The molecule has 4 heteroatoms. The van der Waals surface area contributed by atoms with E-state index in [0.29, 0.717) is 11.8 Å². The van der Waals surface area contributed by atoms with E-state index in [1.165, 1.54) is 12.0 Å². The molecule has 0 amide bonds. The highest BCUT2D eigenvalue weighted by Gasteiger charge is 2.37. The summed E-state index contributed by atoms with van der Waals surface area (Å²) in [5, 5.41) is 13.8. The van der Waals surface area contributed by atoms with Gasteiger partial charge in [-0.1, -0.05) is 19.1 Å². The van der Waals surface area contributed by atoms with Crippen molar-refractivity contribution in [3.8, 4) is 0 Å². The van der Waals surface area contributed by atoms with E-state index < -0.39 is 0 Å². The molecule has 0 radical (unpaired) electrons. The van der Waals surface area contributed by atoms with Crippen LogP contribution in [-0.2, 0) is 0 Å². The van der Waals surface area contributed by atoms with Crippen molar-refractivity contribution in [2.24, 2.45) is 5.92 Å². The van der Waals surface area contributed by atoms with E-state index in [1.807, 2.05) is 12.1 Å². The summed E-state index contributed by atoms with van der Waals surface area (Å²) in [5.41, 5.74) is 1.40. The number of nitro groups is 1. The molecule has 0 aromatic heterocycles. The van der Waals surface area contributed by atoms with Gasteiger partial charge in [-0.3, -0.25) is 10.1 Å². The van der Waals surface area contributed by atoms with Crippen LogP contribution in [0.15, 0.2) is 24.3 Å². The van der Waals surface area contributed by atoms with Crippen LogP contribution in [0.4, 0.5) is 5.69 Å². The van der Waals surface area contributed by atoms with Gasteiger partial charge in [0.25, 0.3) is 5.69 Å². The molecule has 1 N–H and O–H groups in total. The molecule has 1 aliphatic carbocycles. The second-order valence-corrected chi connectivity index (χ2v) is 4.26. The van der Waals surface area contributed by atoms with Crippen LogP contribution in [0, 0.1) is 16.0 Å². The van der Waals surface area contributed by atoms with Gasteiger partial charge in [0.05, 0.1) is 4.92 Å². The molecule has 2 unspecified atom stereocenters. The van der Waals surface area contributed by atoms with Crippen molar-refractivity contribution < 1.29 is 4.92 Å². The van der Waals surface area contributed by atoms with E-state index in [2.05, 4.69) is 12.2 Å². The number of nitrogens with one attached hydrogen (secondary N) is 1. The van der Waals surface area contributed by atoms with Crippen LogP contribution in [0.5, 0.6) is 0 Å². The first kappa shape index (κ1) is 11.1. The summed E-state index contributed by atoms with van der Waals surface area (Å²) >= 11 is 0. The maximum absolute atomic E-state index is 10.5. The molecule has 1 fully saturated rings. The third-order valence-corrected chi connectivity index (χ3v) is 3.11. The quantitative estimate of drug-likeness (QED) is 0.612. The molecule has 2 rings (SSSR count). The standard InChI is InChI=1S/C12H16N2O2/c1-2-13-8-10-7-12(10)9-3-5-11(6-4-9)14(15)16/h3-6,10,12-13H,2,7-8H2,1H3. The van der Waals surface area contributed by atoms with Gasteiger partial charge in [-0.05, 0) is 36.9 Å². The third-order valence-electron chi connectivity index (χ3n) is 3.11. The van der Waals surface area contributed by atoms with Gasteiger partial charge >= 0.3 is 0 Å². The zero-order valence-corrected chi connectivity index (χ0v) is 9.35. The minimum absolute atomic E-state index is 0.174. The van der Waals surface area contributed by atoms with Crippen LogP contribution in [0.25, 0.3) is 0 Å². The summed E-state index contributed by atoms with van der Waals surface area (Å²) in [6.45, 7) is 4.16. The normalized spacial score (nSPS) is 23.1. The molecule has 0 spiro atoms. The fourth-order valence-corrected chi connectivity index (χ4v) is 2.05. The molecule has 16 heavy (non-hydrogen) atoms. The van der Waals surface area contributed by atoms with Crippen LogP contribution >= 0.6 is 0 Å². The Bertz CT molecular complexity index is 375. The maximum Gasteiger partial charge on any atom is 0.269 e. The topological polar surface area (TPSA) is 55.2 Å². The van der Waals surface area contributed by atoms with E-state index in [-0.39, 0.29) is 10.6 Å². The number of nitro benzene ring substituents is 1. The van der Waals surface area contributed by atoms with Crippen LogP contribution in [0.2, 0.25) is 0 Å². The minimum atomic E-state index is -0.354. The molecule has 1 aromatic carbocycles. The summed E-state index contributed by atoms with van der Waals surface area (Å²) in [6, 6.07) is 6.96. The van der Waals surface area contributed by atoms with Gasteiger partial charge in [0.1, 0.15) is 0 Å². The number of hydrogen-bond acceptors (Lipinski definition) is 3. The van der Waals surface area contributed by atoms with Crippen LogP contribution < -0.4 is 5.32 Å². The van der Waals surface area contributed by atoms with Gasteiger partial charge in [0.15, 0.2) is 0 Å². The lowest BCUT2D eigenvalue weighted by Gasteiger charge is -2.01. The van der Waals surface area contributed by atoms with Crippen molar-refractivity contribution in [1.29, 1.82) is 0 Å². The molecule has 1 aromatic rings. The molecule has 4 nitrogen and oxygen atoms in total. The Morgan fingerprint density at radius 1 is 1.44 bits per heavy atom. The Kier molecular flexibility index (Phi) is 3.19. The first-order valence-electron chi connectivity index (χ1n) is 5.67. The second kappa shape index (κ2) is 4.61. The fraction of sp³-hybridized carbons (Fsp3) is 0.500. The van der Waals surface area contributed by atoms with Gasteiger partial charge in [-0.25, -0.2) is 0 Å². The lowest BCUT2D eigenvalue weighted by Crippen LogP contribution is -2.16. The van der Waals surface area contributed by atoms with Gasteiger partial charge in [-0.15, -0.1) is 0 Å². The van der Waals surface area contributed by atoms with E-state index >= 15 is 0 Å². The van der Waals surface area contributed by atoms with Crippen molar-refractivity contribution >= 4 is 5.69 Å². The molecule has 0 saturated heterocycles. The molecule has 86 valence electrons. The Morgan fingerprint density at radius 3 is 2.69 bits per heavy atom. The summed E-state index contributed by atoms with van der Waals surface area (Å²) in [6.07, 6.45) is 1.20. The molecular formula is C12H16N2O2. The molecule has 1 saturated carbocycles. The highest BCUT2D eigenvalue weighted by molar-refractivity contribution is 5.36. The first-order chi connectivity index (χ1) is 7.72. The highest BCUT2D eigenvalue weighted by Crippen LogP contribution is 2.47. The zero-order valence-electron chi connectivity index (χ0n) is 9.35. The van der Waals surface area contributed by atoms with Crippen LogP contribution in [-0.4, -0.2) is 18.0 Å². The Hall–Kier alpha value is -1.42. The van der Waals surface area contributed by atoms with Crippen molar-refractivity contribution in [2.45, 2.75) is 19.3 Å². The van der Waals surface area contributed by atoms with Gasteiger partial charge in [0, 0.05) is 12.1 Å². The smallest absolute Gasteiger partial charge is 0.269 e. The van der Waals surface area contributed by atoms with Gasteiger partial charge in [-0.2, -0.15) is 0 Å². The maximum atomic E-state index is 10.5. The van der Waals surface area contributed by atoms with Crippen LogP contribution in [0.3, 0.4) is 0 Å². The Balaban J connectivity index is 1.94. The second-order valence-electron chi connectivity index (χ2n) is 4.26. The number of nitrogens with zero attached hydrogens (tertiary/aromatic N) is 1. The Morgan fingerprint density at radius 2 is 2.12 bits per heavy atom. The van der Waals surface area contributed by atoms with E-state index in [1.54, 1.807) is 12.1 Å². The van der Waals surface area contributed by atoms with Crippen molar-refractivity contribution in [3.05, 3.63) is 39.9 Å². The molecular weight excluding hydrogens is 204 g/mol. The van der Waals surface area contributed by atoms with E-state index in [9.17, 15) is 10.1 Å². The summed E-state index contributed by atoms with van der Waals surface area (Å²) in [5.74, 6) is 1.31. The molecule has 0 aliphatic heterocycles. The molecule has 0 bridgehead atoms. The monoisotopic (exact) mass is 220 g/mol. The largest absolute Gasteiger partial charge is 0.317 e. The predicted molar refractivity (Wildman–Crippen MR) is 62.5 cm³/mol. The SMILES string of the molecule is CCNCC1CC1c1ccc([N+](=O)[O-])cc1. The predicted octanol–water partition coefficient (Wildman–Crippen LogP) is 2.31. The van der Waals surface area contributed by atoms with Crippen molar-refractivity contribution in [1.82, 2.24) is 5.32 Å². The van der Waals surface area contributed by atoms with E-state index in [0.717, 1.165) is 13.1 Å². The lowest BCUT2D eigenvalue weighted by molar-refractivity contribution is -0.384. The van der Waals surface area contributed by atoms with Gasteiger partial charge in [0.2, 0.25) is 0 Å². The summed E-state index contributed by atoms with van der Waals surface area (Å²) in [7, 11) is 0. The fourth-order valence-electron chi connectivity index (χ4n) is 2.05. The molecule has 2 atom stereocenters. The van der Waals surface area contributed by atoms with Crippen LogP contribution in [0.1, 0.15) is 24.8 Å². The number of non-ortho nitro benzene ring substituents is 1. The number of rotatable bonds is 5. The number of hydrogen-bond donors (Lipinski definition) is 1. The number of benzene rings is 1. The van der Waals surface area contributed by atoms with Crippen molar-refractivity contribution in [2.75, 3.05) is 13.1 Å². The van der Waals surface area contributed by atoms with E-state index in [4.69, 9.17) is 0 Å². The van der Waals surface area contributed by atoms with Crippen molar-refractivity contribution in [3.63, 3.8) is 0 Å². The zero-order chi connectivity index (χ0) is 11.5. The summed E-state index contributed by atoms with van der Waals surface area (Å²) in [4.78, 5) is 10.1. The average molecular weight is 220 g/mol. The average Bonchev–Trinajstić information content (AvgIpc) is 3.06. The summed E-state index contributed by atoms with van der Waals surface area (Å²) < 4.78 is 0. The Labute approximate surface area is 94.8 Å². The molecule has 0 heterocycles. The third kappa shape index (κ3) is 2.39. The first-order valence-corrected chi connectivity index (χ1v) is 5.67. The van der Waals surface area contributed by atoms with Gasteiger partial charge < -0.3 is 5.32 Å². The minimum Gasteiger partial charge on any atom is -0.317 e. The molecule has 1 aliphatic rings.